The fourth-order valence-corrected chi connectivity index (χ4v) is 1.75. The zero-order valence-corrected chi connectivity index (χ0v) is 11.5. The van der Waals surface area contributed by atoms with E-state index in [1.165, 1.54) is 0 Å². The lowest BCUT2D eigenvalue weighted by Crippen LogP contribution is -2.46. The second kappa shape index (κ2) is 6.02. The van der Waals surface area contributed by atoms with Crippen molar-refractivity contribution in [3.8, 4) is 0 Å². The Labute approximate surface area is 110 Å². The minimum atomic E-state index is -0.430. The standard InChI is InChI=1S/C12H17BrN2O2/c1-12(2,7-8-16)15-11(17)14-10-6-4-3-5-9(10)13/h3-6,16H,7-8H2,1-2H3,(H2,14,15,17). The van der Waals surface area contributed by atoms with Crippen LogP contribution in [-0.4, -0.2) is 23.3 Å². The summed E-state index contributed by atoms with van der Waals surface area (Å²) >= 11 is 3.35. The summed E-state index contributed by atoms with van der Waals surface area (Å²) in [4.78, 5) is 11.7. The number of carbonyl (C=O) groups excluding carboxylic acids is 1. The normalized spacial score (nSPS) is 11.1. The number of para-hydroxylation sites is 1. The Morgan fingerprint density at radius 1 is 1.41 bits per heavy atom. The van der Waals surface area contributed by atoms with Crippen LogP contribution in [0.25, 0.3) is 0 Å². The van der Waals surface area contributed by atoms with Gasteiger partial charge in [-0.3, -0.25) is 0 Å². The quantitative estimate of drug-likeness (QED) is 0.801. The smallest absolute Gasteiger partial charge is 0.319 e. The molecule has 4 nitrogen and oxygen atoms in total. The van der Waals surface area contributed by atoms with Crippen molar-refractivity contribution in [2.45, 2.75) is 25.8 Å². The number of urea groups is 1. The number of halogens is 1. The van der Waals surface area contributed by atoms with Crippen molar-refractivity contribution >= 4 is 27.6 Å². The van der Waals surface area contributed by atoms with Crippen LogP contribution in [0.15, 0.2) is 28.7 Å². The third kappa shape index (κ3) is 4.75. The highest BCUT2D eigenvalue weighted by atomic mass is 79.9. The van der Waals surface area contributed by atoms with Gasteiger partial charge in [0, 0.05) is 16.6 Å². The summed E-state index contributed by atoms with van der Waals surface area (Å²) in [6, 6.07) is 7.11. The molecule has 0 heterocycles. The van der Waals surface area contributed by atoms with E-state index in [1.807, 2.05) is 38.1 Å². The highest BCUT2D eigenvalue weighted by Crippen LogP contribution is 2.21. The maximum absolute atomic E-state index is 11.7. The van der Waals surface area contributed by atoms with Crippen molar-refractivity contribution in [1.29, 1.82) is 0 Å². The topological polar surface area (TPSA) is 61.4 Å². The molecule has 1 aromatic rings. The molecule has 0 aliphatic carbocycles. The van der Waals surface area contributed by atoms with E-state index in [-0.39, 0.29) is 12.6 Å². The molecule has 17 heavy (non-hydrogen) atoms. The van der Waals surface area contributed by atoms with Crippen molar-refractivity contribution in [3.05, 3.63) is 28.7 Å². The van der Waals surface area contributed by atoms with Gasteiger partial charge in [0.1, 0.15) is 0 Å². The van der Waals surface area contributed by atoms with E-state index < -0.39 is 5.54 Å². The number of rotatable bonds is 4. The second-order valence-electron chi connectivity index (χ2n) is 4.42. The number of amides is 2. The molecule has 5 heteroatoms. The van der Waals surface area contributed by atoms with E-state index in [9.17, 15) is 4.79 Å². The first-order valence-corrected chi connectivity index (χ1v) is 6.18. The van der Waals surface area contributed by atoms with E-state index in [0.717, 1.165) is 4.47 Å². The van der Waals surface area contributed by atoms with Gasteiger partial charge in [0.15, 0.2) is 0 Å². The van der Waals surface area contributed by atoms with Gasteiger partial charge in [-0.1, -0.05) is 12.1 Å². The zero-order valence-electron chi connectivity index (χ0n) is 9.96. The van der Waals surface area contributed by atoms with Crippen molar-refractivity contribution < 1.29 is 9.90 Å². The lowest BCUT2D eigenvalue weighted by molar-refractivity contribution is 0.218. The van der Waals surface area contributed by atoms with E-state index >= 15 is 0 Å². The van der Waals surface area contributed by atoms with Gasteiger partial charge in [0.25, 0.3) is 0 Å². The van der Waals surface area contributed by atoms with Crippen LogP contribution in [0.4, 0.5) is 10.5 Å². The largest absolute Gasteiger partial charge is 0.396 e. The number of carbonyl (C=O) groups is 1. The molecule has 0 spiro atoms. The molecule has 0 saturated heterocycles. The highest BCUT2D eigenvalue weighted by Gasteiger charge is 2.19. The Morgan fingerprint density at radius 3 is 2.65 bits per heavy atom. The Kier molecular flexibility index (Phi) is 4.96. The molecule has 0 aromatic heterocycles. The average molecular weight is 301 g/mol. The van der Waals surface area contributed by atoms with Crippen molar-refractivity contribution in [3.63, 3.8) is 0 Å². The van der Waals surface area contributed by atoms with Crippen LogP contribution < -0.4 is 10.6 Å². The van der Waals surface area contributed by atoms with Gasteiger partial charge >= 0.3 is 6.03 Å². The predicted molar refractivity (Wildman–Crippen MR) is 72.1 cm³/mol. The molecule has 0 aliphatic rings. The summed E-state index contributed by atoms with van der Waals surface area (Å²) in [6.45, 7) is 3.77. The molecule has 3 N–H and O–H groups in total. The molecule has 0 aliphatic heterocycles. The predicted octanol–water partition coefficient (Wildman–Crippen LogP) is 2.73. The lowest BCUT2D eigenvalue weighted by atomic mass is 10.0. The van der Waals surface area contributed by atoms with Gasteiger partial charge in [-0.05, 0) is 48.3 Å². The number of benzene rings is 1. The van der Waals surface area contributed by atoms with Crippen LogP contribution in [0.5, 0.6) is 0 Å². The van der Waals surface area contributed by atoms with Gasteiger partial charge in [-0.25, -0.2) is 4.79 Å². The molecule has 1 aromatic carbocycles. The van der Waals surface area contributed by atoms with Crippen molar-refractivity contribution in [2.24, 2.45) is 0 Å². The van der Waals surface area contributed by atoms with Crippen molar-refractivity contribution in [2.75, 3.05) is 11.9 Å². The van der Waals surface area contributed by atoms with E-state index in [2.05, 4.69) is 26.6 Å². The molecule has 0 fully saturated rings. The highest BCUT2D eigenvalue weighted by molar-refractivity contribution is 9.10. The summed E-state index contributed by atoms with van der Waals surface area (Å²) < 4.78 is 0.829. The van der Waals surface area contributed by atoms with Crippen LogP contribution in [0, 0.1) is 0 Å². The molecule has 0 unspecified atom stereocenters. The SMILES string of the molecule is CC(C)(CCO)NC(=O)Nc1ccccc1Br. The molecule has 94 valence electrons. The molecule has 1 rings (SSSR count). The third-order valence-corrected chi connectivity index (χ3v) is 3.00. The number of nitrogens with one attached hydrogen (secondary N) is 2. The fraction of sp³-hybridized carbons (Fsp3) is 0.417. The van der Waals surface area contributed by atoms with Crippen LogP contribution >= 0.6 is 15.9 Å². The van der Waals surface area contributed by atoms with Gasteiger partial charge in [0.05, 0.1) is 5.69 Å². The van der Waals surface area contributed by atoms with Crippen LogP contribution in [0.1, 0.15) is 20.3 Å². The number of hydrogen-bond donors (Lipinski definition) is 3. The molecule has 0 radical (unpaired) electrons. The average Bonchev–Trinajstić information content (AvgIpc) is 2.20. The Morgan fingerprint density at radius 2 is 2.06 bits per heavy atom. The first-order chi connectivity index (χ1) is 7.94. The van der Waals surface area contributed by atoms with Crippen LogP contribution in [0.2, 0.25) is 0 Å². The number of aliphatic hydroxyl groups excluding tert-OH is 1. The summed E-state index contributed by atoms with van der Waals surface area (Å²) in [7, 11) is 0. The van der Waals surface area contributed by atoms with Gasteiger partial charge in [-0.2, -0.15) is 0 Å². The Balaban J connectivity index is 2.59. The molecule has 0 bridgehead atoms. The summed E-state index contributed by atoms with van der Waals surface area (Å²) in [5.74, 6) is 0. The minimum absolute atomic E-state index is 0.0440. The molecular formula is C12H17BrN2O2. The van der Waals surface area contributed by atoms with Crippen LogP contribution in [-0.2, 0) is 0 Å². The molecule has 2 amide bonds. The second-order valence-corrected chi connectivity index (χ2v) is 5.27. The summed E-state index contributed by atoms with van der Waals surface area (Å²) in [5, 5.41) is 14.4. The number of aliphatic hydroxyl groups is 1. The first-order valence-electron chi connectivity index (χ1n) is 5.39. The maximum atomic E-state index is 11.7. The number of hydrogen-bond acceptors (Lipinski definition) is 2. The molecule has 0 atom stereocenters. The van der Waals surface area contributed by atoms with Gasteiger partial charge < -0.3 is 15.7 Å². The van der Waals surface area contributed by atoms with E-state index in [1.54, 1.807) is 0 Å². The fourth-order valence-electron chi connectivity index (χ4n) is 1.37. The van der Waals surface area contributed by atoms with Crippen LogP contribution in [0.3, 0.4) is 0 Å². The van der Waals surface area contributed by atoms with E-state index in [4.69, 9.17) is 5.11 Å². The van der Waals surface area contributed by atoms with E-state index in [0.29, 0.717) is 12.1 Å². The Hall–Kier alpha value is -1.07. The molecule has 0 saturated carbocycles. The Bertz CT molecular complexity index is 394. The monoisotopic (exact) mass is 300 g/mol. The summed E-state index contributed by atoms with van der Waals surface area (Å²) in [6.07, 6.45) is 0.510. The lowest BCUT2D eigenvalue weighted by Gasteiger charge is -2.25. The first kappa shape index (κ1) is 14.0. The van der Waals surface area contributed by atoms with Crippen molar-refractivity contribution in [1.82, 2.24) is 5.32 Å². The maximum Gasteiger partial charge on any atom is 0.319 e. The van der Waals surface area contributed by atoms with Gasteiger partial charge in [0.2, 0.25) is 0 Å². The third-order valence-electron chi connectivity index (χ3n) is 2.31. The van der Waals surface area contributed by atoms with Gasteiger partial charge in [-0.15, -0.1) is 0 Å². The molecular weight excluding hydrogens is 284 g/mol. The number of anilines is 1. The minimum Gasteiger partial charge on any atom is -0.396 e. The summed E-state index contributed by atoms with van der Waals surface area (Å²) in [5.41, 5.74) is 0.282. The zero-order chi connectivity index (χ0) is 12.9.